The molecule has 7 aromatic carbocycles. The third-order valence-corrected chi connectivity index (χ3v) is 13.4. The number of aryl methyl sites for hydroxylation is 6. The summed E-state index contributed by atoms with van der Waals surface area (Å²) in [6, 6.07) is 34.5. The fourth-order valence-corrected chi connectivity index (χ4v) is 9.70. The van der Waals surface area contributed by atoms with E-state index in [9.17, 15) is 26.3 Å². The van der Waals surface area contributed by atoms with Crippen molar-refractivity contribution in [3.8, 4) is 22.3 Å². The van der Waals surface area contributed by atoms with Crippen LogP contribution in [-0.2, 0) is 36.6 Å². The van der Waals surface area contributed by atoms with Gasteiger partial charge in [0.25, 0.3) is 0 Å². The Morgan fingerprint density at radius 2 is 0.940 bits per heavy atom. The van der Waals surface area contributed by atoms with Gasteiger partial charge in [0.05, 0.1) is 0 Å². The van der Waals surface area contributed by atoms with Gasteiger partial charge in [0.1, 0.15) is 0 Å². The number of fused-ring (bicyclic) bond motifs is 3. The smallest absolute Gasteiger partial charge is 1.00 e. The van der Waals surface area contributed by atoms with E-state index in [-0.39, 0.29) is 24.8 Å². The van der Waals surface area contributed by atoms with Crippen LogP contribution in [0.15, 0.2) is 133 Å². The van der Waals surface area contributed by atoms with E-state index in [2.05, 4.69) is 154 Å². The van der Waals surface area contributed by atoms with Crippen molar-refractivity contribution >= 4 is 24.8 Å². The Labute approximate surface area is 420 Å². The molecule has 7 aromatic rings. The summed E-state index contributed by atoms with van der Waals surface area (Å²) in [5, 5.41) is 5.32. The van der Waals surface area contributed by atoms with Crippen molar-refractivity contribution in [2.45, 2.75) is 94.4 Å². The van der Waals surface area contributed by atoms with Crippen molar-refractivity contribution in [1.29, 1.82) is 0 Å². The van der Waals surface area contributed by atoms with Gasteiger partial charge < -0.3 is 24.8 Å². The first-order chi connectivity index (χ1) is 30.4. The van der Waals surface area contributed by atoms with Gasteiger partial charge >= 0.3 is 137 Å². The molecule has 0 aromatic heterocycles. The number of allylic oxidation sites excluding steroid dienone is 4. The summed E-state index contributed by atoms with van der Waals surface area (Å²) in [6.45, 7) is 22.2. The first-order valence-electron chi connectivity index (χ1n) is 22.0. The van der Waals surface area contributed by atoms with E-state index < -0.39 is 23.5 Å². The molecule has 0 saturated heterocycles. The molecule has 0 saturated carbocycles. The molecule has 1 aliphatic rings. The standard InChI is InChI=1S/C31H29.C15H8F6.C12H19.2ClH.Zr/c1-18-11-20(3)30(21(4)12-18)24-7-9-28-26(15-24)17-27-16-25(8-10-29(27)28)31-22(5)13-19(2)14-23(31)6;16-14(17,18)12-5-1-10(2-6-12)9-11-3-7-13(8-4-11)15(19,20)21;1-5-6-10-7-8-11(9-10)12(2,3)4;;;/h7-17H,1-6H3;1-8H;8-10H,5-6H2,1-4H3;2*1H;/q-1;;-1;;;+2/p-2. The average molecular weight is 1030 g/mol. The predicted octanol–water partition coefficient (Wildman–Crippen LogP) is 11.5. The third-order valence-electron chi connectivity index (χ3n) is 11.9. The van der Waals surface area contributed by atoms with E-state index in [1.54, 1.807) is 0 Å². The molecule has 0 aliphatic heterocycles. The summed E-state index contributed by atoms with van der Waals surface area (Å²) in [5.41, 5.74) is 14.7. The second-order valence-electron chi connectivity index (χ2n) is 18.4. The summed E-state index contributed by atoms with van der Waals surface area (Å²) in [7, 11) is 0. The topological polar surface area (TPSA) is 0 Å². The minimum absolute atomic E-state index is 0. The Morgan fingerprint density at radius 3 is 1.25 bits per heavy atom. The zero-order chi connectivity index (χ0) is 47.6. The van der Waals surface area contributed by atoms with Gasteiger partial charge in [0, 0.05) is 0 Å². The molecule has 0 N–H and O–H groups in total. The average Bonchev–Trinajstić information content (AvgIpc) is 3.85. The fraction of sp³-hybridized carbons (Fsp3) is 0.276. The van der Waals surface area contributed by atoms with Crippen LogP contribution in [0.3, 0.4) is 0 Å². The maximum absolute atomic E-state index is 12.5. The van der Waals surface area contributed by atoms with Crippen LogP contribution in [0.25, 0.3) is 43.8 Å². The zero-order valence-electron chi connectivity index (χ0n) is 39.6. The van der Waals surface area contributed by atoms with Gasteiger partial charge in [-0.25, -0.2) is 6.08 Å². The van der Waals surface area contributed by atoms with E-state index in [0.29, 0.717) is 25.7 Å². The molecular weight excluding hydrogens is 973 g/mol. The largest absolute Gasteiger partial charge is 1.00 e. The Kier molecular flexibility index (Phi) is 18.4. The van der Waals surface area contributed by atoms with Gasteiger partial charge in [-0.2, -0.15) is 11.6 Å². The summed E-state index contributed by atoms with van der Waals surface area (Å²) in [5.74, 6) is 0.587. The number of halogens is 8. The normalized spacial score (nSPS) is 13.5. The van der Waals surface area contributed by atoms with Gasteiger partial charge in [-0.1, -0.05) is 123 Å². The Balaban J connectivity index is 0.000000238. The van der Waals surface area contributed by atoms with Crippen LogP contribution in [0, 0.1) is 59.0 Å². The van der Waals surface area contributed by atoms with Crippen molar-refractivity contribution in [1.82, 2.24) is 0 Å². The molecule has 0 amide bonds. The third kappa shape index (κ3) is 13.4. The zero-order valence-corrected chi connectivity index (χ0v) is 43.6. The van der Waals surface area contributed by atoms with E-state index in [0.717, 1.165) is 48.5 Å². The van der Waals surface area contributed by atoms with Crippen LogP contribution in [0.5, 0.6) is 0 Å². The van der Waals surface area contributed by atoms with Crippen molar-refractivity contribution in [2.75, 3.05) is 0 Å². The van der Waals surface area contributed by atoms with Gasteiger partial charge in [0.2, 0.25) is 0 Å². The van der Waals surface area contributed by atoms with Gasteiger partial charge in [-0.3, -0.25) is 6.08 Å². The Hall–Kier alpha value is -4.42. The number of hydrogen-bond donors (Lipinski definition) is 0. The molecule has 0 spiro atoms. The molecule has 1 aliphatic carbocycles. The molecule has 1 atom stereocenters. The van der Waals surface area contributed by atoms with E-state index in [1.165, 1.54) is 120 Å². The SMILES string of the molecule is CCCC1[C-]=CC(C(C)(C)C)=C1.Cc1cc(C)c(-c2ccc3c(c2)[cH-]c2cc(-c4c(C)cc(C)cc4C)ccc23)c(C)c1.FC(F)(F)c1ccc([C](=[Zr+2])c2ccc(C(F)(F)F)cc2)cc1.[Cl-].[Cl-]. The summed E-state index contributed by atoms with van der Waals surface area (Å²) in [6.07, 6.45) is 1.61. The minimum atomic E-state index is -4.41. The van der Waals surface area contributed by atoms with Crippen LogP contribution >= 0.6 is 0 Å². The second-order valence-corrected chi connectivity index (χ2v) is 19.6. The molecule has 1 unspecified atom stereocenters. The van der Waals surface area contributed by atoms with Gasteiger partial charge in [-0.15, -0.1) is 39.7 Å². The minimum Gasteiger partial charge on any atom is -1.00 e. The quantitative estimate of drug-likeness (QED) is 0.115. The van der Waals surface area contributed by atoms with Crippen LogP contribution in [0.2, 0.25) is 0 Å². The molecule has 8 rings (SSSR count). The maximum atomic E-state index is 12.5. The number of alkyl halides is 6. The van der Waals surface area contributed by atoms with Crippen LogP contribution in [0.1, 0.15) is 96.2 Å². The van der Waals surface area contributed by atoms with E-state index >= 15 is 0 Å². The number of rotatable bonds is 6. The van der Waals surface area contributed by atoms with E-state index in [4.69, 9.17) is 0 Å². The first kappa shape index (κ1) is 55.2. The van der Waals surface area contributed by atoms with Gasteiger partial charge in [0.15, 0.2) is 0 Å². The van der Waals surface area contributed by atoms with Crippen molar-refractivity contribution < 1.29 is 75.4 Å². The predicted molar refractivity (Wildman–Crippen MR) is 256 cm³/mol. The van der Waals surface area contributed by atoms with Crippen LogP contribution in [-0.4, -0.2) is 3.21 Å². The Morgan fingerprint density at radius 1 is 0.567 bits per heavy atom. The molecule has 9 heteroatoms. The van der Waals surface area contributed by atoms with Crippen molar-refractivity contribution in [2.24, 2.45) is 11.3 Å². The molecule has 0 bridgehead atoms. The van der Waals surface area contributed by atoms with Crippen molar-refractivity contribution in [3.63, 3.8) is 0 Å². The van der Waals surface area contributed by atoms with Gasteiger partial charge in [-0.05, 0) is 74.9 Å². The maximum Gasteiger partial charge on any atom is -1.00 e. The van der Waals surface area contributed by atoms with E-state index in [1.807, 2.05) is 0 Å². The number of hydrogen-bond acceptors (Lipinski definition) is 0. The molecule has 67 heavy (non-hydrogen) atoms. The number of benzene rings is 6. The second kappa shape index (κ2) is 22.3. The molecule has 350 valence electrons. The fourth-order valence-electron chi connectivity index (χ4n) is 8.88. The summed E-state index contributed by atoms with van der Waals surface area (Å²) >= 11 is 0.898. The monoisotopic (exact) mass is 1030 g/mol. The molecule has 0 fully saturated rings. The van der Waals surface area contributed by atoms with Crippen molar-refractivity contribution in [3.05, 3.63) is 195 Å². The van der Waals surface area contributed by atoms with Crippen LogP contribution in [0.4, 0.5) is 26.3 Å². The molecule has 0 heterocycles. The molecular formula is C58H56Cl2F6Zr-2. The summed E-state index contributed by atoms with van der Waals surface area (Å²) in [4.78, 5) is 0. The van der Waals surface area contributed by atoms with Crippen LogP contribution < -0.4 is 24.8 Å². The molecule has 0 nitrogen and oxygen atoms in total. The summed E-state index contributed by atoms with van der Waals surface area (Å²) < 4.78 is 75.6. The first-order valence-corrected chi connectivity index (χ1v) is 23.2. The molecule has 0 radical (unpaired) electrons. The Bertz CT molecular complexity index is 2690.